The lowest BCUT2D eigenvalue weighted by atomic mass is 10.2. The Morgan fingerprint density at radius 3 is 2.75 bits per heavy atom. The highest BCUT2D eigenvalue weighted by atomic mass is 32.2. The molecule has 12 heavy (non-hydrogen) atoms. The van der Waals surface area contributed by atoms with Crippen LogP contribution in [-0.2, 0) is 9.59 Å². The number of hydrogen-bond acceptors (Lipinski definition) is 4. The number of ketones is 2. The minimum atomic E-state index is -0.124. The zero-order chi connectivity index (χ0) is 8.55. The Morgan fingerprint density at radius 1 is 1.42 bits per heavy atom. The van der Waals surface area contributed by atoms with Crippen LogP contribution in [0.4, 0.5) is 0 Å². The highest BCUT2D eigenvalue weighted by Crippen LogP contribution is 2.36. The van der Waals surface area contributed by atoms with Crippen LogP contribution in [0.2, 0.25) is 0 Å². The maximum atomic E-state index is 11.2. The largest absolute Gasteiger partial charge is 0.294 e. The molecule has 0 radical (unpaired) electrons. The van der Waals surface area contributed by atoms with E-state index in [9.17, 15) is 9.59 Å². The molecule has 2 aliphatic heterocycles. The highest BCUT2D eigenvalue weighted by Gasteiger charge is 2.28. The summed E-state index contributed by atoms with van der Waals surface area (Å²) in [5.41, 5.74) is 0. The predicted molar refractivity (Wildman–Crippen MR) is 51.1 cm³/mol. The molecule has 0 N–H and O–H groups in total. The molecule has 0 fully saturated rings. The first kappa shape index (κ1) is 8.13. The second-order valence-corrected chi connectivity index (χ2v) is 4.59. The molecule has 0 aromatic heterocycles. The van der Waals surface area contributed by atoms with E-state index in [0.29, 0.717) is 5.75 Å². The maximum Gasteiger partial charge on any atom is 0.174 e. The van der Waals surface area contributed by atoms with Crippen molar-refractivity contribution in [3.63, 3.8) is 0 Å². The molecule has 62 valence electrons. The second-order valence-electron chi connectivity index (χ2n) is 2.52. The molecule has 0 saturated carbocycles. The van der Waals surface area contributed by atoms with Gasteiger partial charge in [-0.2, -0.15) is 0 Å². The fraction of sp³-hybridized carbons (Fsp3) is 0.250. The van der Waals surface area contributed by atoms with Crippen LogP contribution < -0.4 is 0 Å². The smallest absolute Gasteiger partial charge is 0.174 e. The van der Waals surface area contributed by atoms with E-state index >= 15 is 0 Å². The standard InChI is InChI=1S/C8H6O2S2/c9-5-3-7(12-4-5)8-6(10)1-2-11-8/h1-3,8H,4H2. The van der Waals surface area contributed by atoms with Crippen molar-refractivity contribution in [2.75, 3.05) is 5.75 Å². The lowest BCUT2D eigenvalue weighted by Gasteiger charge is -2.05. The minimum absolute atomic E-state index is 0.105. The Balaban J connectivity index is 2.16. The number of hydrogen-bond donors (Lipinski definition) is 0. The van der Waals surface area contributed by atoms with E-state index in [2.05, 4.69) is 0 Å². The van der Waals surface area contributed by atoms with Gasteiger partial charge >= 0.3 is 0 Å². The van der Waals surface area contributed by atoms with Gasteiger partial charge in [-0.05, 0) is 17.6 Å². The third kappa shape index (κ3) is 1.36. The van der Waals surface area contributed by atoms with E-state index in [1.165, 1.54) is 23.5 Å². The van der Waals surface area contributed by atoms with Crippen molar-refractivity contribution in [3.05, 3.63) is 22.5 Å². The van der Waals surface area contributed by atoms with Crippen LogP contribution in [0.3, 0.4) is 0 Å². The van der Waals surface area contributed by atoms with Gasteiger partial charge in [0.1, 0.15) is 5.25 Å². The van der Waals surface area contributed by atoms with Gasteiger partial charge in [-0.3, -0.25) is 9.59 Å². The molecule has 1 atom stereocenters. The van der Waals surface area contributed by atoms with Crippen LogP contribution in [0.15, 0.2) is 22.5 Å². The summed E-state index contributed by atoms with van der Waals surface area (Å²) in [4.78, 5) is 23.0. The SMILES string of the molecule is O=C1C=C(C2SC=CC2=O)SC1. The second kappa shape index (κ2) is 3.11. The van der Waals surface area contributed by atoms with Crippen LogP contribution in [-0.4, -0.2) is 22.6 Å². The minimum Gasteiger partial charge on any atom is -0.294 e. The average Bonchev–Trinajstić information content (AvgIpc) is 2.58. The number of carbonyl (C=O) groups excluding carboxylic acids is 2. The van der Waals surface area contributed by atoms with E-state index in [4.69, 9.17) is 0 Å². The average molecular weight is 198 g/mol. The Morgan fingerprint density at radius 2 is 2.25 bits per heavy atom. The van der Waals surface area contributed by atoms with Crippen LogP contribution in [0.5, 0.6) is 0 Å². The molecule has 2 rings (SSSR count). The van der Waals surface area contributed by atoms with Crippen LogP contribution in [0, 0.1) is 0 Å². The molecule has 0 saturated heterocycles. The van der Waals surface area contributed by atoms with Gasteiger partial charge in [-0.15, -0.1) is 23.5 Å². The van der Waals surface area contributed by atoms with Crippen LogP contribution in [0.1, 0.15) is 0 Å². The monoisotopic (exact) mass is 198 g/mol. The molecule has 0 spiro atoms. The summed E-state index contributed by atoms with van der Waals surface area (Å²) in [7, 11) is 0. The molecule has 2 nitrogen and oxygen atoms in total. The van der Waals surface area contributed by atoms with Crippen molar-refractivity contribution in [1.29, 1.82) is 0 Å². The van der Waals surface area contributed by atoms with Gasteiger partial charge in [-0.1, -0.05) is 0 Å². The van der Waals surface area contributed by atoms with Gasteiger partial charge in [0.2, 0.25) is 0 Å². The number of carbonyl (C=O) groups is 2. The summed E-state index contributed by atoms with van der Waals surface area (Å²) in [6.45, 7) is 0. The van der Waals surface area contributed by atoms with Crippen LogP contribution in [0.25, 0.3) is 0 Å². The van der Waals surface area contributed by atoms with E-state index < -0.39 is 0 Å². The van der Waals surface area contributed by atoms with Crippen LogP contribution >= 0.6 is 23.5 Å². The first-order valence-corrected chi connectivity index (χ1v) is 5.43. The number of thioether (sulfide) groups is 2. The first-order valence-electron chi connectivity index (χ1n) is 3.50. The molecule has 0 amide bonds. The van der Waals surface area contributed by atoms with E-state index in [-0.39, 0.29) is 16.8 Å². The van der Waals surface area contributed by atoms with Gasteiger partial charge in [-0.25, -0.2) is 0 Å². The normalized spacial score (nSPS) is 28.3. The van der Waals surface area contributed by atoms with Crippen molar-refractivity contribution in [3.8, 4) is 0 Å². The molecule has 0 bridgehead atoms. The van der Waals surface area contributed by atoms with Crippen molar-refractivity contribution < 1.29 is 9.59 Å². The molecule has 2 heterocycles. The third-order valence-corrected chi connectivity index (χ3v) is 3.96. The van der Waals surface area contributed by atoms with Gasteiger partial charge in [0, 0.05) is 4.91 Å². The highest BCUT2D eigenvalue weighted by molar-refractivity contribution is 8.08. The fourth-order valence-corrected chi connectivity index (χ4v) is 3.12. The summed E-state index contributed by atoms with van der Waals surface area (Å²) in [5.74, 6) is 0.725. The zero-order valence-corrected chi connectivity index (χ0v) is 7.78. The fourth-order valence-electron chi connectivity index (χ4n) is 1.09. The topological polar surface area (TPSA) is 34.1 Å². The molecule has 2 aliphatic rings. The summed E-state index contributed by atoms with van der Waals surface area (Å²) in [6.07, 6.45) is 3.16. The Bertz CT molecular complexity index is 304. The summed E-state index contributed by atoms with van der Waals surface area (Å²) >= 11 is 2.96. The van der Waals surface area contributed by atoms with Gasteiger partial charge < -0.3 is 0 Å². The van der Waals surface area contributed by atoms with Crippen molar-refractivity contribution in [2.45, 2.75) is 5.25 Å². The number of rotatable bonds is 1. The Labute approximate surface area is 78.5 Å². The van der Waals surface area contributed by atoms with Gasteiger partial charge in [0.15, 0.2) is 11.6 Å². The third-order valence-electron chi connectivity index (χ3n) is 1.65. The summed E-state index contributed by atoms with van der Waals surface area (Å²) in [6, 6.07) is 0. The zero-order valence-electron chi connectivity index (χ0n) is 6.15. The lowest BCUT2D eigenvalue weighted by Crippen LogP contribution is -2.10. The van der Waals surface area contributed by atoms with Gasteiger partial charge in [0.25, 0.3) is 0 Å². The van der Waals surface area contributed by atoms with Crippen molar-refractivity contribution in [1.82, 2.24) is 0 Å². The molecule has 0 aromatic carbocycles. The Hall–Kier alpha value is -0.480. The maximum absolute atomic E-state index is 11.2. The van der Waals surface area contributed by atoms with E-state index in [1.807, 2.05) is 0 Å². The molecule has 0 aliphatic carbocycles. The first-order chi connectivity index (χ1) is 5.77. The van der Waals surface area contributed by atoms with Crippen molar-refractivity contribution in [2.24, 2.45) is 0 Å². The molecule has 0 aromatic rings. The predicted octanol–water partition coefficient (Wildman–Crippen LogP) is 1.38. The molecule has 1 unspecified atom stereocenters. The number of allylic oxidation sites excluding steroid dienone is 2. The molecular weight excluding hydrogens is 192 g/mol. The van der Waals surface area contributed by atoms with E-state index in [1.54, 1.807) is 17.6 Å². The van der Waals surface area contributed by atoms with E-state index in [0.717, 1.165) is 4.91 Å². The molecule has 4 heteroatoms. The molecular formula is C8H6O2S2. The Kier molecular flexibility index (Phi) is 2.11. The summed E-state index contributed by atoms with van der Waals surface area (Å²) in [5, 5.41) is 1.67. The van der Waals surface area contributed by atoms with Crippen molar-refractivity contribution >= 4 is 35.1 Å². The summed E-state index contributed by atoms with van der Waals surface area (Å²) < 4.78 is 0. The quantitative estimate of drug-likeness (QED) is 0.637. The van der Waals surface area contributed by atoms with Gasteiger partial charge in [0.05, 0.1) is 5.75 Å². The lowest BCUT2D eigenvalue weighted by molar-refractivity contribution is -0.113.